The molecule has 1 aromatic rings. The molecule has 0 amide bonds. The highest BCUT2D eigenvalue weighted by atomic mass is 32.1. The first kappa shape index (κ1) is 10.9. The van der Waals surface area contributed by atoms with Gasteiger partial charge in [-0.2, -0.15) is 0 Å². The number of carboxylic acids is 1. The number of hydrogen-bond donors (Lipinski definition) is 4. The molecule has 1 atom stereocenters. The molecule has 0 heterocycles. The topological polar surface area (TPSA) is 83.5 Å². The minimum Gasteiger partial charge on any atom is -0.508 e. The highest BCUT2D eigenvalue weighted by Crippen LogP contribution is 2.17. The average Bonchev–Trinajstić information content (AvgIpc) is 2.08. The van der Waals surface area contributed by atoms with Crippen LogP contribution in [0, 0.1) is 0 Å². The first-order valence-corrected chi connectivity index (χ1v) is 4.39. The maximum Gasteiger partial charge on any atom is 0.334 e. The van der Waals surface area contributed by atoms with Crippen LogP contribution in [0.15, 0.2) is 24.3 Å². The molecule has 1 aromatic carbocycles. The molecule has 0 saturated heterocycles. The highest BCUT2D eigenvalue weighted by molar-refractivity contribution is 7.82. The Morgan fingerprint density at radius 3 is 2.36 bits per heavy atom. The number of carboxylic acid groups (broad SMARTS) is 1. The maximum absolute atomic E-state index is 10.6. The molecule has 0 fully saturated rings. The predicted octanol–water partition coefficient (Wildman–Crippen LogP) is 0.604. The van der Waals surface area contributed by atoms with E-state index >= 15 is 0 Å². The first-order chi connectivity index (χ1) is 6.42. The second-order valence-corrected chi connectivity index (χ2v) is 3.87. The molecule has 14 heavy (non-hydrogen) atoms. The number of aliphatic carboxylic acids is 1. The van der Waals surface area contributed by atoms with Gasteiger partial charge >= 0.3 is 5.97 Å². The Hall–Kier alpha value is -1.20. The summed E-state index contributed by atoms with van der Waals surface area (Å²) in [4.78, 5) is 9.07. The van der Waals surface area contributed by atoms with Crippen LogP contribution >= 0.6 is 12.6 Å². The molecule has 0 aromatic heterocycles. The third-order valence-electron chi connectivity index (χ3n) is 1.78. The lowest BCUT2D eigenvalue weighted by atomic mass is 10.1. The Kier molecular flexibility index (Phi) is 3.03. The summed E-state index contributed by atoms with van der Waals surface area (Å²) >= 11 is 3.83. The molecule has 0 spiro atoms. The van der Waals surface area contributed by atoms with Crippen molar-refractivity contribution < 1.29 is 15.0 Å². The molecule has 4 N–H and O–H groups in total. The zero-order valence-corrected chi connectivity index (χ0v) is 8.24. The monoisotopic (exact) mass is 213 g/mol. The molecule has 0 aliphatic heterocycles. The van der Waals surface area contributed by atoms with Crippen molar-refractivity contribution >= 4 is 18.6 Å². The standard InChI is InChI=1S/C9H11NO3S/c10-9(14,8(12)13)5-6-1-3-7(11)4-2-6/h1-4,11,14H,5,10H2,(H,12,13)/t9-/m1/s1. The van der Waals surface area contributed by atoms with Crippen LogP contribution in [0.3, 0.4) is 0 Å². The molecule has 0 radical (unpaired) electrons. The van der Waals surface area contributed by atoms with Crippen LogP contribution in [0.1, 0.15) is 5.56 Å². The molecular weight excluding hydrogens is 202 g/mol. The van der Waals surface area contributed by atoms with E-state index in [1.165, 1.54) is 12.1 Å². The van der Waals surface area contributed by atoms with Gasteiger partial charge in [0.25, 0.3) is 0 Å². The lowest BCUT2D eigenvalue weighted by Crippen LogP contribution is -2.44. The van der Waals surface area contributed by atoms with Gasteiger partial charge in [-0.05, 0) is 17.7 Å². The fourth-order valence-corrected chi connectivity index (χ4v) is 1.18. The van der Waals surface area contributed by atoms with E-state index in [4.69, 9.17) is 15.9 Å². The van der Waals surface area contributed by atoms with Crippen molar-refractivity contribution in [2.45, 2.75) is 11.3 Å². The number of nitrogens with two attached hydrogens (primary N) is 1. The normalized spacial score (nSPS) is 14.7. The Morgan fingerprint density at radius 1 is 1.43 bits per heavy atom. The second kappa shape index (κ2) is 3.89. The Labute approximate surface area is 86.8 Å². The van der Waals surface area contributed by atoms with Gasteiger partial charge in [0.05, 0.1) is 0 Å². The van der Waals surface area contributed by atoms with Gasteiger partial charge in [0.1, 0.15) is 5.75 Å². The fraction of sp³-hybridized carbons (Fsp3) is 0.222. The van der Waals surface area contributed by atoms with Crippen molar-refractivity contribution in [3.05, 3.63) is 29.8 Å². The largest absolute Gasteiger partial charge is 0.508 e. The Morgan fingerprint density at radius 2 is 1.93 bits per heavy atom. The van der Waals surface area contributed by atoms with Gasteiger partial charge in [0.15, 0.2) is 4.87 Å². The van der Waals surface area contributed by atoms with Crippen LogP contribution in [-0.4, -0.2) is 21.1 Å². The molecule has 0 unspecified atom stereocenters. The van der Waals surface area contributed by atoms with E-state index in [2.05, 4.69) is 12.6 Å². The minimum absolute atomic E-state index is 0.103. The van der Waals surface area contributed by atoms with Crippen molar-refractivity contribution in [1.29, 1.82) is 0 Å². The van der Waals surface area contributed by atoms with E-state index in [1.54, 1.807) is 12.1 Å². The molecule has 76 valence electrons. The zero-order chi connectivity index (χ0) is 10.8. The van der Waals surface area contributed by atoms with E-state index in [9.17, 15) is 4.79 Å². The van der Waals surface area contributed by atoms with Crippen molar-refractivity contribution in [2.75, 3.05) is 0 Å². The van der Waals surface area contributed by atoms with Crippen molar-refractivity contribution in [2.24, 2.45) is 5.73 Å². The summed E-state index contributed by atoms with van der Waals surface area (Å²) in [5.74, 6) is -1.04. The molecular formula is C9H11NO3S. The van der Waals surface area contributed by atoms with Gasteiger partial charge in [0.2, 0.25) is 0 Å². The van der Waals surface area contributed by atoms with Gasteiger partial charge in [-0.1, -0.05) is 12.1 Å². The quantitative estimate of drug-likeness (QED) is 0.438. The Balaban J connectivity index is 2.79. The summed E-state index contributed by atoms with van der Waals surface area (Å²) < 4.78 is 0. The maximum atomic E-state index is 10.6. The third-order valence-corrected chi connectivity index (χ3v) is 2.13. The average molecular weight is 213 g/mol. The lowest BCUT2D eigenvalue weighted by molar-refractivity contribution is -0.139. The number of carbonyl (C=O) groups is 1. The SMILES string of the molecule is N[C@@](S)(Cc1ccc(O)cc1)C(=O)O. The number of phenolic OH excluding ortho intramolecular Hbond substituents is 1. The molecule has 0 aliphatic rings. The van der Waals surface area contributed by atoms with Crippen LogP contribution < -0.4 is 5.73 Å². The minimum atomic E-state index is -1.57. The van der Waals surface area contributed by atoms with E-state index in [0.717, 1.165) is 0 Å². The Bertz CT molecular complexity index is 334. The van der Waals surface area contributed by atoms with Gasteiger partial charge in [-0.25, -0.2) is 4.79 Å². The summed E-state index contributed by atoms with van der Waals surface area (Å²) in [6.07, 6.45) is 0.103. The summed E-state index contributed by atoms with van der Waals surface area (Å²) in [6.45, 7) is 0. The third kappa shape index (κ3) is 2.65. The molecule has 0 bridgehead atoms. The zero-order valence-electron chi connectivity index (χ0n) is 7.34. The van der Waals surface area contributed by atoms with Crippen LogP contribution in [0.4, 0.5) is 0 Å². The molecule has 4 nitrogen and oxygen atoms in total. The van der Waals surface area contributed by atoms with E-state index in [1.807, 2.05) is 0 Å². The molecule has 0 saturated carbocycles. The number of rotatable bonds is 3. The number of phenols is 1. The summed E-state index contributed by atoms with van der Waals surface area (Å²) in [7, 11) is 0. The molecule has 5 heteroatoms. The van der Waals surface area contributed by atoms with Crippen molar-refractivity contribution in [3.63, 3.8) is 0 Å². The molecule has 0 aliphatic carbocycles. The number of benzene rings is 1. The number of aromatic hydroxyl groups is 1. The summed E-state index contributed by atoms with van der Waals surface area (Å²) in [5.41, 5.74) is 6.14. The van der Waals surface area contributed by atoms with Crippen LogP contribution in [0.5, 0.6) is 5.75 Å². The van der Waals surface area contributed by atoms with E-state index in [-0.39, 0.29) is 12.2 Å². The van der Waals surface area contributed by atoms with Gasteiger partial charge < -0.3 is 15.9 Å². The van der Waals surface area contributed by atoms with Gasteiger partial charge in [0, 0.05) is 6.42 Å². The van der Waals surface area contributed by atoms with Crippen LogP contribution in [0.2, 0.25) is 0 Å². The molecule has 1 rings (SSSR count). The first-order valence-electron chi connectivity index (χ1n) is 3.94. The van der Waals surface area contributed by atoms with Gasteiger partial charge in [-0.15, -0.1) is 12.6 Å². The lowest BCUT2D eigenvalue weighted by Gasteiger charge is -2.17. The highest BCUT2D eigenvalue weighted by Gasteiger charge is 2.29. The van der Waals surface area contributed by atoms with Gasteiger partial charge in [-0.3, -0.25) is 0 Å². The second-order valence-electron chi connectivity index (χ2n) is 3.07. The smallest absolute Gasteiger partial charge is 0.334 e. The van der Waals surface area contributed by atoms with E-state index < -0.39 is 10.8 Å². The van der Waals surface area contributed by atoms with Crippen LogP contribution in [0.25, 0.3) is 0 Å². The fourth-order valence-electron chi connectivity index (χ4n) is 1.00. The summed E-state index contributed by atoms with van der Waals surface area (Å²) in [6, 6.07) is 6.16. The van der Waals surface area contributed by atoms with Crippen LogP contribution in [-0.2, 0) is 11.2 Å². The predicted molar refractivity (Wildman–Crippen MR) is 55.4 cm³/mol. The van der Waals surface area contributed by atoms with Crippen molar-refractivity contribution in [3.8, 4) is 5.75 Å². The van der Waals surface area contributed by atoms with Crippen molar-refractivity contribution in [1.82, 2.24) is 0 Å². The summed E-state index contributed by atoms with van der Waals surface area (Å²) in [5, 5.41) is 17.7. The van der Waals surface area contributed by atoms with E-state index in [0.29, 0.717) is 5.56 Å². The number of thiol groups is 1. The number of hydrogen-bond acceptors (Lipinski definition) is 4.